The van der Waals surface area contributed by atoms with Gasteiger partial charge in [0.2, 0.25) is 0 Å². The highest BCUT2D eigenvalue weighted by Gasteiger charge is 2.20. The molecule has 0 radical (unpaired) electrons. The first-order valence-corrected chi connectivity index (χ1v) is 8.84. The molecule has 7 heteroatoms. The maximum Gasteiger partial charge on any atom is 0.315 e. The van der Waals surface area contributed by atoms with E-state index in [2.05, 4.69) is 51.7 Å². The van der Waals surface area contributed by atoms with E-state index in [0.717, 1.165) is 22.1 Å². The Hall–Kier alpha value is -2.02. The number of hydrogen-bond donors (Lipinski definition) is 2. The predicted molar refractivity (Wildman–Crippen MR) is 96.1 cm³/mol. The van der Waals surface area contributed by atoms with E-state index in [1.165, 1.54) is 0 Å². The molecule has 2 N–H and O–H groups in total. The van der Waals surface area contributed by atoms with Crippen molar-refractivity contribution in [1.82, 2.24) is 25.6 Å². The van der Waals surface area contributed by atoms with Crippen molar-refractivity contribution in [3.05, 3.63) is 39.4 Å². The largest absolute Gasteiger partial charge is 0.332 e. The smallest absolute Gasteiger partial charge is 0.315 e. The van der Waals surface area contributed by atoms with Crippen molar-refractivity contribution >= 4 is 17.4 Å². The molecule has 0 aromatic carbocycles. The van der Waals surface area contributed by atoms with Crippen LogP contribution >= 0.6 is 11.3 Å². The van der Waals surface area contributed by atoms with E-state index in [4.69, 9.17) is 0 Å². The molecule has 0 aliphatic carbocycles. The number of hydrogen-bond acceptors (Lipinski definition) is 5. The Balaban J connectivity index is 1.90. The van der Waals surface area contributed by atoms with Crippen molar-refractivity contribution in [3.63, 3.8) is 0 Å². The van der Waals surface area contributed by atoms with Gasteiger partial charge >= 0.3 is 6.03 Å². The van der Waals surface area contributed by atoms with E-state index in [1.807, 2.05) is 26.8 Å². The predicted octanol–water partition coefficient (Wildman–Crippen LogP) is 3.41. The summed E-state index contributed by atoms with van der Waals surface area (Å²) in [5, 5.41) is 8.70. The number of rotatable bonds is 4. The fourth-order valence-corrected chi connectivity index (χ4v) is 3.25. The first-order valence-electron chi connectivity index (χ1n) is 7.96. The summed E-state index contributed by atoms with van der Waals surface area (Å²) in [6.45, 7) is 12.4. The standard InChI is InChI=1S/C17H25N5OS/c1-10-7-13(21-12(3)19-10)8-18-16(23)20-11(2)15-22-14(9-24-15)17(4,5)6/h7,9,11H,8H2,1-6H3,(H2,18,20,23). The van der Waals surface area contributed by atoms with E-state index in [1.54, 1.807) is 11.3 Å². The number of nitrogens with zero attached hydrogens (tertiary/aromatic N) is 3. The Kier molecular flexibility index (Phi) is 5.54. The minimum atomic E-state index is -0.232. The molecule has 0 aliphatic heterocycles. The van der Waals surface area contributed by atoms with Gasteiger partial charge in [0.15, 0.2) is 0 Å². The molecule has 130 valence electrons. The van der Waals surface area contributed by atoms with E-state index >= 15 is 0 Å². The molecule has 1 atom stereocenters. The minimum absolute atomic E-state index is 0.0134. The second kappa shape index (κ2) is 7.25. The summed E-state index contributed by atoms with van der Waals surface area (Å²) in [6.07, 6.45) is 0. The van der Waals surface area contributed by atoms with E-state index in [0.29, 0.717) is 12.4 Å². The van der Waals surface area contributed by atoms with Crippen molar-refractivity contribution in [3.8, 4) is 0 Å². The van der Waals surface area contributed by atoms with Gasteiger partial charge in [-0.3, -0.25) is 0 Å². The van der Waals surface area contributed by atoms with Gasteiger partial charge in [-0.1, -0.05) is 20.8 Å². The Morgan fingerprint density at radius 2 is 1.96 bits per heavy atom. The second-order valence-corrected chi connectivity index (χ2v) is 7.81. The summed E-state index contributed by atoms with van der Waals surface area (Å²) < 4.78 is 0. The van der Waals surface area contributed by atoms with E-state index in [-0.39, 0.29) is 17.5 Å². The molecule has 2 heterocycles. The topological polar surface area (TPSA) is 79.8 Å². The van der Waals surface area contributed by atoms with Crippen LogP contribution in [0.4, 0.5) is 4.79 Å². The third-order valence-corrected chi connectivity index (χ3v) is 4.48. The number of carbonyl (C=O) groups excluding carboxylic acids is 1. The van der Waals surface area contributed by atoms with Crippen LogP contribution in [0.15, 0.2) is 11.4 Å². The number of carbonyl (C=O) groups is 1. The Labute approximate surface area is 147 Å². The van der Waals surface area contributed by atoms with Crippen LogP contribution in [0.2, 0.25) is 0 Å². The van der Waals surface area contributed by atoms with Crippen molar-refractivity contribution in [2.75, 3.05) is 0 Å². The zero-order valence-electron chi connectivity index (χ0n) is 15.1. The zero-order chi connectivity index (χ0) is 17.9. The number of amides is 2. The Bertz CT molecular complexity index is 700. The van der Waals surface area contributed by atoms with Crippen LogP contribution in [-0.4, -0.2) is 21.0 Å². The van der Waals surface area contributed by atoms with Gasteiger partial charge in [0, 0.05) is 16.5 Å². The molecule has 0 aliphatic rings. The molecular weight excluding hydrogens is 322 g/mol. The van der Waals surface area contributed by atoms with Crippen molar-refractivity contribution in [2.45, 2.75) is 59.5 Å². The summed E-state index contributed by atoms with van der Waals surface area (Å²) in [6, 6.07) is 1.50. The first-order chi connectivity index (χ1) is 11.1. The molecular formula is C17H25N5OS. The molecule has 2 rings (SSSR count). The van der Waals surface area contributed by atoms with Gasteiger partial charge in [-0.05, 0) is 26.8 Å². The first kappa shape index (κ1) is 18.3. The average molecular weight is 347 g/mol. The number of urea groups is 1. The van der Waals surface area contributed by atoms with Crippen LogP contribution in [0.25, 0.3) is 0 Å². The van der Waals surface area contributed by atoms with Crippen LogP contribution in [0.3, 0.4) is 0 Å². The highest BCUT2D eigenvalue weighted by atomic mass is 32.1. The average Bonchev–Trinajstić information content (AvgIpc) is 2.94. The molecule has 1 unspecified atom stereocenters. The zero-order valence-corrected chi connectivity index (χ0v) is 15.9. The molecule has 0 saturated carbocycles. The molecule has 0 fully saturated rings. The monoisotopic (exact) mass is 347 g/mol. The second-order valence-electron chi connectivity index (χ2n) is 6.92. The highest BCUT2D eigenvalue weighted by Crippen LogP contribution is 2.26. The molecule has 6 nitrogen and oxygen atoms in total. The molecule has 0 spiro atoms. The van der Waals surface area contributed by atoms with Gasteiger partial charge in [-0.15, -0.1) is 11.3 Å². The summed E-state index contributed by atoms with van der Waals surface area (Å²) in [7, 11) is 0. The number of thiazole rings is 1. The summed E-state index contributed by atoms with van der Waals surface area (Å²) >= 11 is 1.57. The lowest BCUT2D eigenvalue weighted by molar-refractivity contribution is 0.237. The van der Waals surface area contributed by atoms with Crippen molar-refractivity contribution in [1.29, 1.82) is 0 Å². The minimum Gasteiger partial charge on any atom is -0.332 e. The lowest BCUT2D eigenvalue weighted by Crippen LogP contribution is -2.36. The fraction of sp³-hybridized carbons (Fsp3) is 0.529. The molecule has 2 aromatic rings. The summed E-state index contributed by atoms with van der Waals surface area (Å²) in [5.41, 5.74) is 2.75. The van der Waals surface area contributed by atoms with Crippen LogP contribution < -0.4 is 10.6 Å². The van der Waals surface area contributed by atoms with Gasteiger partial charge in [-0.2, -0.15) is 0 Å². The molecule has 24 heavy (non-hydrogen) atoms. The lowest BCUT2D eigenvalue weighted by atomic mass is 9.93. The number of aromatic nitrogens is 3. The maximum absolute atomic E-state index is 12.1. The lowest BCUT2D eigenvalue weighted by Gasteiger charge is -2.15. The summed E-state index contributed by atoms with van der Waals surface area (Å²) in [4.78, 5) is 25.3. The molecule has 2 aromatic heterocycles. The quantitative estimate of drug-likeness (QED) is 0.888. The fourth-order valence-electron chi connectivity index (χ4n) is 2.20. The van der Waals surface area contributed by atoms with Crippen LogP contribution in [0.1, 0.15) is 61.7 Å². The Morgan fingerprint density at radius 3 is 2.54 bits per heavy atom. The van der Waals surface area contributed by atoms with E-state index in [9.17, 15) is 4.79 Å². The molecule has 2 amide bonds. The SMILES string of the molecule is Cc1cc(CNC(=O)NC(C)c2nc(C(C)(C)C)cs2)nc(C)n1. The Morgan fingerprint density at radius 1 is 1.25 bits per heavy atom. The van der Waals surface area contributed by atoms with Crippen LogP contribution in [-0.2, 0) is 12.0 Å². The van der Waals surface area contributed by atoms with Gasteiger partial charge in [-0.25, -0.2) is 19.7 Å². The van der Waals surface area contributed by atoms with Crippen molar-refractivity contribution < 1.29 is 4.79 Å². The van der Waals surface area contributed by atoms with Crippen molar-refractivity contribution in [2.24, 2.45) is 0 Å². The summed E-state index contributed by atoms with van der Waals surface area (Å²) in [5.74, 6) is 0.707. The van der Waals surface area contributed by atoms with Gasteiger partial charge in [0.05, 0.1) is 24.0 Å². The third kappa shape index (κ3) is 4.99. The van der Waals surface area contributed by atoms with E-state index < -0.39 is 0 Å². The van der Waals surface area contributed by atoms with Crippen LogP contribution in [0.5, 0.6) is 0 Å². The maximum atomic E-state index is 12.1. The van der Waals surface area contributed by atoms with Gasteiger partial charge in [0.25, 0.3) is 0 Å². The third-order valence-electron chi connectivity index (χ3n) is 3.46. The highest BCUT2D eigenvalue weighted by molar-refractivity contribution is 7.09. The number of nitrogens with one attached hydrogen (secondary N) is 2. The number of aryl methyl sites for hydroxylation is 2. The van der Waals surface area contributed by atoms with Crippen LogP contribution in [0, 0.1) is 13.8 Å². The normalized spacial score (nSPS) is 12.8. The van der Waals surface area contributed by atoms with Gasteiger partial charge in [0.1, 0.15) is 10.8 Å². The van der Waals surface area contributed by atoms with Gasteiger partial charge < -0.3 is 10.6 Å². The molecule has 0 saturated heterocycles. The molecule has 0 bridgehead atoms.